The first-order valence-corrected chi connectivity index (χ1v) is 8.11. The van der Waals surface area contributed by atoms with Crippen LogP contribution in [0, 0.1) is 0 Å². The Morgan fingerprint density at radius 2 is 1.69 bits per heavy atom. The van der Waals surface area contributed by atoms with Gasteiger partial charge in [0.2, 0.25) is 0 Å². The third-order valence-electron chi connectivity index (χ3n) is 3.34. The summed E-state index contributed by atoms with van der Waals surface area (Å²) in [5, 5.41) is 34.4. The number of aromatic carboxylic acids is 1. The summed E-state index contributed by atoms with van der Waals surface area (Å²) in [6.45, 7) is 0. The molecule has 1 aromatic heterocycles. The summed E-state index contributed by atoms with van der Waals surface area (Å²) in [7, 11) is 0. The van der Waals surface area contributed by atoms with Crippen molar-refractivity contribution in [2.45, 2.75) is 4.90 Å². The summed E-state index contributed by atoms with van der Waals surface area (Å²) in [6, 6.07) is 14.6. The molecule has 3 rings (SSSR count). The van der Waals surface area contributed by atoms with E-state index in [-0.39, 0.29) is 64.8 Å². The molecular weight excluding hydrogens is 422 g/mol. The Hall–Kier alpha value is -1.25. The summed E-state index contributed by atoms with van der Waals surface area (Å²) in [5.41, 5.74) is -0.773. The number of carbonyl (C=O) groups is 1. The van der Waals surface area contributed by atoms with Crippen molar-refractivity contribution in [3.63, 3.8) is 0 Å². The van der Waals surface area contributed by atoms with Gasteiger partial charge in [0.1, 0.15) is 5.69 Å². The first kappa shape index (κ1) is 25.8. The molecule has 3 aromatic rings. The van der Waals surface area contributed by atoms with Gasteiger partial charge >= 0.3 is 59.1 Å². The summed E-state index contributed by atoms with van der Waals surface area (Å²) < 4.78 is 5.22. The van der Waals surface area contributed by atoms with Gasteiger partial charge in [0.15, 0.2) is 5.69 Å². The number of benzene rings is 2. The fraction of sp³-hybridized carbons (Fsp3) is 0. The summed E-state index contributed by atoms with van der Waals surface area (Å²) in [4.78, 5) is 24.4. The number of carbonyl (C=O) groups excluding carboxylic acids is 1. The number of carboxylic acid groups (broad SMARTS) is 1. The van der Waals surface area contributed by atoms with Gasteiger partial charge in [-0.3, -0.25) is 14.9 Å². The predicted molar refractivity (Wildman–Crippen MR) is 89.4 cm³/mol. The Balaban J connectivity index is 0.00000210. The quantitative estimate of drug-likeness (QED) is 0.130. The maximum Gasteiger partial charge on any atom is 1.00 e. The van der Waals surface area contributed by atoms with Gasteiger partial charge in [-0.15, -0.1) is 5.11 Å². The number of hydrogen-bond acceptors (Lipinski definition) is 9. The van der Waals surface area contributed by atoms with Crippen molar-refractivity contribution >= 4 is 29.4 Å². The average molecular weight is 432 g/mol. The fourth-order valence-electron chi connectivity index (χ4n) is 2.15. The van der Waals surface area contributed by atoms with E-state index < -0.39 is 17.2 Å². The average Bonchev–Trinajstić information content (AvgIpc) is 3.03. The molecule has 10 nitrogen and oxygen atoms in total. The Kier molecular flexibility index (Phi) is 11.1. The first-order valence-electron chi connectivity index (χ1n) is 7.37. The van der Waals surface area contributed by atoms with Crippen LogP contribution < -0.4 is 75.0 Å². The van der Waals surface area contributed by atoms with E-state index in [1.54, 1.807) is 42.5 Å². The van der Waals surface area contributed by atoms with Crippen LogP contribution in [0.25, 0.3) is 5.69 Å². The molecular formula is C16H10N4Na2O6S. The van der Waals surface area contributed by atoms with Crippen LogP contribution in [0.3, 0.4) is 0 Å². The molecule has 0 fully saturated rings. The molecule has 0 radical (unpaired) electrons. The number of aromatic nitrogens is 2. The van der Waals surface area contributed by atoms with Crippen LogP contribution in [0.1, 0.15) is 10.5 Å². The molecule has 0 aliphatic carbocycles. The maximum absolute atomic E-state index is 12.5. The van der Waals surface area contributed by atoms with Crippen molar-refractivity contribution in [3.8, 4) is 5.69 Å². The van der Waals surface area contributed by atoms with Gasteiger partial charge in [0.25, 0.3) is 5.56 Å². The Bertz CT molecular complexity index is 1020. The number of carboxylic acids is 1. The molecule has 0 amide bonds. The van der Waals surface area contributed by atoms with Crippen LogP contribution >= 0.6 is 12.0 Å². The summed E-state index contributed by atoms with van der Waals surface area (Å²) >= 11 is 0.702. The monoisotopic (exact) mass is 432 g/mol. The van der Waals surface area contributed by atoms with E-state index in [9.17, 15) is 20.0 Å². The van der Waals surface area contributed by atoms with Crippen molar-refractivity contribution in [1.29, 1.82) is 0 Å². The van der Waals surface area contributed by atoms with Crippen molar-refractivity contribution in [1.82, 2.24) is 9.78 Å². The van der Waals surface area contributed by atoms with Gasteiger partial charge in [0, 0.05) is 4.90 Å². The van der Waals surface area contributed by atoms with E-state index >= 15 is 0 Å². The second-order valence-electron chi connectivity index (χ2n) is 5.01. The van der Waals surface area contributed by atoms with Crippen molar-refractivity contribution < 1.29 is 83.6 Å². The zero-order chi connectivity index (χ0) is 19.2. The van der Waals surface area contributed by atoms with Gasteiger partial charge in [-0.1, -0.05) is 18.2 Å². The zero-order valence-corrected chi connectivity index (χ0v) is 20.2. The van der Waals surface area contributed by atoms with Gasteiger partial charge in [0.05, 0.1) is 29.4 Å². The third-order valence-corrected chi connectivity index (χ3v) is 3.93. The summed E-state index contributed by atoms with van der Waals surface area (Å²) in [5.74, 6) is -1.59. The van der Waals surface area contributed by atoms with E-state index in [4.69, 9.17) is 0 Å². The molecule has 0 aliphatic rings. The molecule has 0 aliphatic heterocycles. The number of hydrogen-bond donors (Lipinski definition) is 1. The van der Waals surface area contributed by atoms with Crippen LogP contribution in [0.5, 0.6) is 0 Å². The molecule has 138 valence electrons. The molecule has 1 N–H and O–H groups in total. The Morgan fingerprint density at radius 3 is 2.28 bits per heavy atom. The molecule has 0 bridgehead atoms. The SMILES string of the molecule is O=C([O-])c1[nH]n(-c2ccccc2)c(=O)c1N=Nc1ccc(SOO[O-])cc1.[Na+].[Na+]. The Labute approximate surface area is 212 Å². The number of H-pyrrole nitrogens is 1. The number of rotatable bonds is 7. The van der Waals surface area contributed by atoms with Crippen LogP contribution in [0.2, 0.25) is 0 Å². The van der Waals surface area contributed by atoms with Crippen LogP contribution in [0.15, 0.2) is 74.5 Å². The molecule has 29 heavy (non-hydrogen) atoms. The minimum absolute atomic E-state index is 0. The van der Waals surface area contributed by atoms with Gasteiger partial charge in [-0.2, -0.15) is 9.45 Å². The zero-order valence-electron chi connectivity index (χ0n) is 15.4. The third kappa shape index (κ3) is 6.62. The Morgan fingerprint density at radius 1 is 1.03 bits per heavy atom. The minimum Gasteiger partial charge on any atom is -0.691 e. The number of aromatic amines is 1. The van der Waals surface area contributed by atoms with Gasteiger partial charge in [-0.25, -0.2) is 4.68 Å². The van der Waals surface area contributed by atoms with Crippen LogP contribution in [0.4, 0.5) is 11.4 Å². The van der Waals surface area contributed by atoms with Crippen LogP contribution in [-0.2, 0) is 9.37 Å². The standard InChI is InChI=1S/C16H12N4O6S.2Na/c21-15-13(18-17-10-6-8-12(9-7-10)27-26-25-24)14(16(22)23)19-20(15)11-4-2-1-3-5-11;;/h1-9,19,24H,(H,22,23);;/q;2*+1/p-2. The summed E-state index contributed by atoms with van der Waals surface area (Å²) in [6.07, 6.45) is 0. The van der Waals surface area contributed by atoms with Gasteiger partial charge in [-0.05, 0) is 36.4 Å². The first-order chi connectivity index (χ1) is 13.1. The normalized spacial score (nSPS) is 10.4. The molecule has 0 spiro atoms. The largest absolute Gasteiger partial charge is 1.00 e. The maximum atomic E-state index is 12.5. The van der Waals surface area contributed by atoms with Crippen molar-refractivity contribution in [3.05, 3.63) is 70.6 Å². The molecule has 0 unspecified atom stereocenters. The fourth-order valence-corrected chi connectivity index (χ4v) is 2.51. The molecule has 1 heterocycles. The topological polar surface area (TPSA) is 144 Å². The number of para-hydroxylation sites is 1. The van der Waals surface area contributed by atoms with Crippen LogP contribution in [-0.4, -0.2) is 15.7 Å². The minimum atomic E-state index is -1.59. The van der Waals surface area contributed by atoms with E-state index in [0.717, 1.165) is 4.68 Å². The van der Waals surface area contributed by atoms with E-state index in [0.29, 0.717) is 28.3 Å². The number of nitrogens with one attached hydrogen (secondary N) is 1. The predicted octanol–water partition coefficient (Wildman–Crippen LogP) is -4.82. The molecule has 0 saturated heterocycles. The molecule has 2 aromatic carbocycles. The number of azo groups is 1. The van der Waals surface area contributed by atoms with Crippen molar-refractivity contribution in [2.75, 3.05) is 0 Å². The van der Waals surface area contributed by atoms with E-state index in [2.05, 4.69) is 24.7 Å². The molecule has 13 heteroatoms. The van der Waals surface area contributed by atoms with E-state index in [1.165, 1.54) is 12.1 Å². The smallest absolute Gasteiger partial charge is 0.691 e. The molecule has 0 saturated carbocycles. The van der Waals surface area contributed by atoms with E-state index in [1.807, 2.05) is 0 Å². The second-order valence-corrected chi connectivity index (χ2v) is 5.79. The molecule has 0 atom stereocenters. The van der Waals surface area contributed by atoms with Gasteiger partial charge < -0.3 is 15.2 Å². The second kappa shape index (κ2) is 12.4. The van der Waals surface area contributed by atoms with Crippen molar-refractivity contribution in [2.24, 2.45) is 10.2 Å². The number of nitrogens with zero attached hydrogens (tertiary/aromatic N) is 3.